The van der Waals surface area contributed by atoms with Crippen molar-refractivity contribution in [2.75, 3.05) is 26.2 Å². The van der Waals surface area contributed by atoms with Gasteiger partial charge in [0.25, 0.3) is 0 Å². The molecule has 1 aromatic rings. The molecule has 5 amide bonds. The quantitative estimate of drug-likeness (QED) is 0.0377. The van der Waals surface area contributed by atoms with Gasteiger partial charge in [0, 0.05) is 13.1 Å². The van der Waals surface area contributed by atoms with Crippen LogP contribution >= 0.6 is 0 Å². The number of guanidine groups is 1. The van der Waals surface area contributed by atoms with Crippen LogP contribution in [0.5, 0.6) is 0 Å². The number of hydrogen-bond donors (Lipinski definition) is 10. The van der Waals surface area contributed by atoms with Crippen molar-refractivity contribution in [3.8, 4) is 0 Å². The third-order valence-electron chi connectivity index (χ3n) is 7.29. The molecular weight excluding hydrogens is 634 g/mol. The normalized spacial score (nSPS) is 16.4. The lowest BCUT2D eigenvalue weighted by molar-refractivity contribution is -0.150. The van der Waals surface area contributed by atoms with Gasteiger partial charge in [-0.3, -0.25) is 33.8 Å². The number of carboxylic acid groups (broad SMARTS) is 2. The smallest absolute Gasteiger partial charge is 0.326 e. The summed E-state index contributed by atoms with van der Waals surface area (Å²) >= 11 is 0. The minimum Gasteiger partial charge on any atom is -0.481 e. The third-order valence-corrected chi connectivity index (χ3v) is 7.29. The van der Waals surface area contributed by atoms with Gasteiger partial charge in [0.2, 0.25) is 29.5 Å². The van der Waals surface area contributed by atoms with Crippen LogP contribution < -0.4 is 38.5 Å². The molecule has 1 aliphatic heterocycles. The van der Waals surface area contributed by atoms with E-state index in [1.807, 2.05) is 0 Å². The predicted octanol–water partition coefficient (Wildman–Crippen LogP) is -4.28. The fourth-order valence-corrected chi connectivity index (χ4v) is 4.88. The Labute approximate surface area is 275 Å². The SMILES string of the molecule is NC(N)=NCCCC(NC(=O)C(N)Cc1ccccc1)C(=O)NCC(=O)NC(CC(=O)O)C(=O)NC(CO)C(=O)N1CCCC1C(=O)O. The van der Waals surface area contributed by atoms with Crippen LogP contribution in [0.3, 0.4) is 0 Å². The number of nitrogens with zero attached hydrogens (tertiary/aromatic N) is 2. The minimum atomic E-state index is -1.74. The molecule has 0 spiro atoms. The molecule has 5 unspecified atom stereocenters. The molecule has 0 saturated carbocycles. The van der Waals surface area contributed by atoms with Crippen LogP contribution in [-0.2, 0) is 40.0 Å². The molecule has 1 aliphatic rings. The zero-order chi connectivity index (χ0) is 35.8. The first kappa shape index (κ1) is 38.9. The minimum absolute atomic E-state index is 0.0500. The maximum absolute atomic E-state index is 13.0. The number of nitrogens with two attached hydrogens (primary N) is 3. The summed E-state index contributed by atoms with van der Waals surface area (Å²) < 4.78 is 0. The molecule has 1 saturated heterocycles. The van der Waals surface area contributed by atoms with Crippen molar-refractivity contribution in [1.82, 2.24) is 26.2 Å². The predicted molar refractivity (Wildman–Crippen MR) is 169 cm³/mol. The molecule has 13 N–H and O–H groups in total. The topological polar surface area (TPSA) is 322 Å². The standard InChI is InChI=1S/C29H43N9O10/c30-17(12-16-6-2-1-3-7-16)24(43)36-18(8-4-10-33-29(31)32)25(44)34-14-22(40)35-19(13-23(41)42)26(45)37-20(15-39)27(46)38-11-5-9-21(38)28(47)48/h1-3,6-7,17-21,39H,4-5,8-15,30H2,(H,34,44)(H,35,40)(H,36,43)(H,37,45)(H,41,42)(H,47,48)(H4,31,32,33). The zero-order valence-electron chi connectivity index (χ0n) is 26.2. The van der Waals surface area contributed by atoms with Crippen LogP contribution in [-0.4, -0.2) is 124 Å². The van der Waals surface area contributed by atoms with E-state index in [-0.39, 0.29) is 44.7 Å². The fourth-order valence-electron chi connectivity index (χ4n) is 4.88. The highest BCUT2D eigenvalue weighted by molar-refractivity contribution is 5.96. The van der Waals surface area contributed by atoms with Gasteiger partial charge in [-0.1, -0.05) is 30.3 Å². The van der Waals surface area contributed by atoms with Gasteiger partial charge in [-0.25, -0.2) is 4.79 Å². The summed E-state index contributed by atoms with van der Waals surface area (Å²) in [6.45, 7) is -1.46. The Morgan fingerprint density at radius 1 is 0.917 bits per heavy atom. The Hall–Kier alpha value is -5.30. The highest BCUT2D eigenvalue weighted by atomic mass is 16.4. The molecule has 0 bridgehead atoms. The van der Waals surface area contributed by atoms with E-state index < -0.39 is 91.3 Å². The van der Waals surface area contributed by atoms with E-state index in [9.17, 15) is 48.9 Å². The number of carbonyl (C=O) groups excluding carboxylic acids is 5. The van der Waals surface area contributed by atoms with Crippen molar-refractivity contribution in [2.45, 2.75) is 68.7 Å². The van der Waals surface area contributed by atoms with Crippen molar-refractivity contribution < 1.29 is 48.9 Å². The molecule has 19 heteroatoms. The molecular formula is C29H43N9O10. The fraction of sp³-hybridized carbons (Fsp3) is 0.517. The van der Waals surface area contributed by atoms with E-state index in [4.69, 9.17) is 17.2 Å². The number of aliphatic hydroxyl groups excluding tert-OH is 1. The second kappa shape index (κ2) is 19.4. The molecule has 1 heterocycles. The van der Waals surface area contributed by atoms with E-state index in [0.29, 0.717) is 6.42 Å². The molecule has 5 atom stereocenters. The Morgan fingerprint density at radius 2 is 1.58 bits per heavy atom. The van der Waals surface area contributed by atoms with Gasteiger partial charge in [-0.2, -0.15) is 0 Å². The van der Waals surface area contributed by atoms with Crippen LogP contribution in [0, 0.1) is 0 Å². The summed E-state index contributed by atoms with van der Waals surface area (Å²) in [7, 11) is 0. The molecule has 48 heavy (non-hydrogen) atoms. The van der Waals surface area contributed by atoms with Gasteiger partial charge in [-0.15, -0.1) is 0 Å². The molecule has 264 valence electrons. The molecule has 19 nitrogen and oxygen atoms in total. The second-order valence-electron chi connectivity index (χ2n) is 11.0. The van der Waals surface area contributed by atoms with E-state index in [0.717, 1.165) is 10.5 Å². The molecule has 1 fully saturated rings. The lowest BCUT2D eigenvalue weighted by Crippen LogP contribution is -2.58. The number of aliphatic imine (C=N–C) groups is 1. The number of benzene rings is 1. The first-order chi connectivity index (χ1) is 22.7. The van der Waals surface area contributed by atoms with Gasteiger partial charge < -0.3 is 58.7 Å². The van der Waals surface area contributed by atoms with Gasteiger partial charge in [-0.05, 0) is 37.7 Å². The summed E-state index contributed by atoms with van der Waals surface area (Å²) in [5, 5.41) is 37.6. The van der Waals surface area contributed by atoms with Crippen LogP contribution in [0.2, 0.25) is 0 Å². The first-order valence-corrected chi connectivity index (χ1v) is 15.1. The summed E-state index contributed by atoms with van der Waals surface area (Å²) in [6, 6.07) is 2.26. The highest BCUT2D eigenvalue weighted by Gasteiger charge is 2.38. The van der Waals surface area contributed by atoms with Crippen molar-refractivity contribution in [2.24, 2.45) is 22.2 Å². The average Bonchev–Trinajstić information content (AvgIpc) is 3.54. The lowest BCUT2D eigenvalue weighted by Gasteiger charge is -2.27. The summed E-state index contributed by atoms with van der Waals surface area (Å²) in [4.78, 5) is 92.1. The maximum Gasteiger partial charge on any atom is 0.326 e. The number of carbonyl (C=O) groups is 7. The van der Waals surface area contributed by atoms with E-state index >= 15 is 0 Å². The summed E-state index contributed by atoms with van der Waals surface area (Å²) in [5.41, 5.74) is 17.5. The number of aliphatic carboxylic acids is 2. The van der Waals surface area contributed by atoms with Crippen molar-refractivity contribution in [1.29, 1.82) is 0 Å². The largest absolute Gasteiger partial charge is 0.481 e. The second-order valence-corrected chi connectivity index (χ2v) is 11.0. The Kier molecular flexibility index (Phi) is 15.7. The number of amides is 5. The molecule has 0 radical (unpaired) electrons. The third kappa shape index (κ3) is 12.8. The van der Waals surface area contributed by atoms with Crippen molar-refractivity contribution in [3.63, 3.8) is 0 Å². The van der Waals surface area contributed by atoms with E-state index in [1.54, 1.807) is 30.3 Å². The van der Waals surface area contributed by atoms with Gasteiger partial charge >= 0.3 is 11.9 Å². The molecule has 0 aromatic heterocycles. The lowest BCUT2D eigenvalue weighted by atomic mass is 10.0. The van der Waals surface area contributed by atoms with Gasteiger partial charge in [0.1, 0.15) is 24.2 Å². The number of carboxylic acids is 2. The molecule has 2 rings (SSSR count). The van der Waals surface area contributed by atoms with Gasteiger partial charge in [0.15, 0.2) is 5.96 Å². The Bertz CT molecular complexity index is 1340. The average molecular weight is 678 g/mol. The van der Waals surface area contributed by atoms with Crippen LogP contribution in [0.4, 0.5) is 0 Å². The van der Waals surface area contributed by atoms with Crippen LogP contribution in [0.25, 0.3) is 0 Å². The number of hydrogen-bond acceptors (Lipinski definition) is 10. The van der Waals surface area contributed by atoms with Crippen LogP contribution in [0.15, 0.2) is 35.3 Å². The summed E-state index contributed by atoms with van der Waals surface area (Å²) in [5.74, 6) is -7.38. The highest BCUT2D eigenvalue weighted by Crippen LogP contribution is 2.18. The number of likely N-dealkylation sites (tertiary alicyclic amines) is 1. The number of nitrogens with one attached hydrogen (secondary N) is 4. The Balaban J connectivity index is 2.04. The van der Waals surface area contributed by atoms with Crippen molar-refractivity contribution >= 4 is 47.4 Å². The number of aliphatic hydroxyl groups is 1. The molecule has 1 aromatic carbocycles. The zero-order valence-corrected chi connectivity index (χ0v) is 26.2. The Morgan fingerprint density at radius 3 is 2.19 bits per heavy atom. The van der Waals surface area contributed by atoms with Crippen LogP contribution in [0.1, 0.15) is 37.7 Å². The first-order valence-electron chi connectivity index (χ1n) is 15.1. The molecule has 0 aliphatic carbocycles. The van der Waals surface area contributed by atoms with E-state index in [2.05, 4.69) is 26.3 Å². The van der Waals surface area contributed by atoms with E-state index in [1.165, 1.54) is 0 Å². The monoisotopic (exact) mass is 677 g/mol. The summed E-state index contributed by atoms with van der Waals surface area (Å²) in [6.07, 6.45) is 0.131. The maximum atomic E-state index is 13.0. The number of rotatable bonds is 19. The van der Waals surface area contributed by atoms with Crippen molar-refractivity contribution in [3.05, 3.63) is 35.9 Å². The van der Waals surface area contributed by atoms with Gasteiger partial charge in [0.05, 0.1) is 25.6 Å².